The van der Waals surface area contributed by atoms with Gasteiger partial charge in [0.2, 0.25) is 10.0 Å². The fourth-order valence-corrected chi connectivity index (χ4v) is 9.24. The fraction of sp³-hybridized carbons (Fsp3) is 0.381. The Morgan fingerprint density at radius 3 is 2.33 bits per heavy atom. The van der Waals surface area contributed by atoms with Crippen LogP contribution in [0.15, 0.2) is 72.8 Å². The van der Waals surface area contributed by atoms with Gasteiger partial charge >= 0.3 is 0 Å². The van der Waals surface area contributed by atoms with Gasteiger partial charge in [0, 0.05) is 23.7 Å². The molecule has 7 rings (SSSR count). The van der Waals surface area contributed by atoms with E-state index in [1.807, 2.05) is 13.0 Å². The van der Waals surface area contributed by atoms with Crippen LogP contribution in [0.2, 0.25) is 0 Å². The highest BCUT2D eigenvalue weighted by Gasteiger charge is 2.51. The van der Waals surface area contributed by atoms with Crippen molar-refractivity contribution in [2.24, 2.45) is 11.3 Å². The third-order valence-electron chi connectivity index (χ3n) is 11.3. The van der Waals surface area contributed by atoms with Gasteiger partial charge in [0.15, 0.2) is 17.3 Å². The lowest BCUT2D eigenvalue weighted by Gasteiger charge is -2.55. The normalized spacial score (nSPS) is 22.2. The molecule has 0 aromatic heterocycles. The summed E-state index contributed by atoms with van der Waals surface area (Å²) < 4.78 is 31.8. The van der Waals surface area contributed by atoms with Gasteiger partial charge in [-0.15, -0.1) is 0 Å². The van der Waals surface area contributed by atoms with Crippen molar-refractivity contribution in [2.75, 3.05) is 18.5 Å². The van der Waals surface area contributed by atoms with Gasteiger partial charge in [-0.3, -0.25) is 9.59 Å². The number of phenols is 1. The van der Waals surface area contributed by atoms with E-state index in [2.05, 4.69) is 50.6 Å². The largest absolute Gasteiger partial charge is 0.507 e. The quantitative estimate of drug-likeness (QED) is 0.119. The standard InChI is InChI=1S/C21H15NO4.C21H33NO2S/c1-11-7-8-13-14(9-11)21(25)17-15(23)10-16(19(22)18(17)20(13)24)26-12-5-3-2-4-6-12;1-15(2)16-7-9-18-17(13-16)8-10-19-20(3,14-22-25(5,23)24)11-6-12-21(18,19)4/h2-10,23H,22H2,1H3;7,9,13,15,19,22H,6,8,10-12,14H2,1-5H3. The monoisotopic (exact) mass is 708 g/mol. The van der Waals surface area contributed by atoms with Crippen LogP contribution in [-0.2, 0) is 21.9 Å². The summed E-state index contributed by atoms with van der Waals surface area (Å²) in [7, 11) is -3.14. The first kappa shape index (κ1) is 36.3. The summed E-state index contributed by atoms with van der Waals surface area (Å²) >= 11 is 0. The number of nitrogens with one attached hydrogen (secondary N) is 1. The third-order valence-corrected chi connectivity index (χ3v) is 12.0. The summed E-state index contributed by atoms with van der Waals surface area (Å²) in [6, 6.07) is 22.2. The molecular formula is C42H48N2O6S. The van der Waals surface area contributed by atoms with Crippen molar-refractivity contribution in [3.05, 3.63) is 117 Å². The lowest BCUT2D eigenvalue weighted by atomic mass is 9.50. The van der Waals surface area contributed by atoms with Gasteiger partial charge in [-0.1, -0.05) is 88.2 Å². The van der Waals surface area contributed by atoms with Crippen LogP contribution in [0.1, 0.15) is 113 Å². The second kappa shape index (κ2) is 13.6. The molecule has 0 aliphatic heterocycles. The Hall–Kier alpha value is -4.47. The first-order valence-electron chi connectivity index (χ1n) is 17.7. The lowest BCUT2D eigenvalue weighted by molar-refractivity contribution is 0.0299. The van der Waals surface area contributed by atoms with Crippen LogP contribution in [0.25, 0.3) is 0 Å². The Morgan fingerprint density at radius 1 is 0.941 bits per heavy atom. The molecule has 4 aromatic carbocycles. The molecule has 4 aromatic rings. The molecule has 9 heteroatoms. The molecule has 4 N–H and O–H groups in total. The molecule has 0 saturated heterocycles. The van der Waals surface area contributed by atoms with Gasteiger partial charge < -0.3 is 15.6 Å². The van der Waals surface area contributed by atoms with Gasteiger partial charge in [-0.05, 0) is 90.2 Å². The molecule has 0 radical (unpaired) electrons. The molecule has 51 heavy (non-hydrogen) atoms. The number of nitrogens with two attached hydrogens (primary N) is 1. The van der Waals surface area contributed by atoms with E-state index < -0.39 is 21.6 Å². The van der Waals surface area contributed by atoms with Crippen molar-refractivity contribution in [1.82, 2.24) is 4.72 Å². The Bertz CT molecular complexity index is 2130. The van der Waals surface area contributed by atoms with Crippen molar-refractivity contribution in [3.8, 4) is 17.2 Å². The second-order valence-electron chi connectivity index (χ2n) is 15.4. The van der Waals surface area contributed by atoms with E-state index in [0.717, 1.165) is 24.8 Å². The molecule has 0 amide bonds. The number of nitrogen functional groups attached to an aromatic ring is 1. The van der Waals surface area contributed by atoms with Gasteiger partial charge in [0.25, 0.3) is 0 Å². The molecule has 3 atom stereocenters. The average Bonchev–Trinajstić information content (AvgIpc) is 3.08. The Balaban J connectivity index is 0.000000176. The zero-order valence-electron chi connectivity index (χ0n) is 30.3. The SMILES string of the molecule is CC(C)c1ccc2c(c1)CCC1C(C)(CNS(C)(=O)=O)CCCC21C.Cc1ccc2c(c1)C(=O)c1c(O)cc(Oc3ccccc3)c(N)c1C2=O. The summed E-state index contributed by atoms with van der Waals surface area (Å²) in [5.74, 6) is 0.570. The number of aromatic hydroxyl groups is 1. The average molecular weight is 709 g/mol. The highest BCUT2D eigenvalue weighted by atomic mass is 32.2. The molecule has 0 heterocycles. The minimum atomic E-state index is -3.14. The second-order valence-corrected chi connectivity index (χ2v) is 17.2. The van der Waals surface area contributed by atoms with E-state index in [1.54, 1.807) is 42.5 Å². The Morgan fingerprint density at radius 2 is 1.65 bits per heavy atom. The minimum Gasteiger partial charge on any atom is -0.507 e. The highest BCUT2D eigenvalue weighted by Crippen LogP contribution is 2.57. The Labute approximate surface area is 301 Å². The zero-order valence-corrected chi connectivity index (χ0v) is 31.1. The molecule has 8 nitrogen and oxygen atoms in total. The number of anilines is 1. The number of aryl methyl sites for hydroxylation is 2. The predicted octanol–water partition coefficient (Wildman–Crippen LogP) is 8.22. The third kappa shape index (κ3) is 6.94. The molecule has 0 bridgehead atoms. The summed E-state index contributed by atoms with van der Waals surface area (Å²) in [6.45, 7) is 11.6. The van der Waals surface area contributed by atoms with Gasteiger partial charge in [-0.2, -0.15) is 0 Å². The predicted molar refractivity (Wildman–Crippen MR) is 202 cm³/mol. The molecule has 0 spiro atoms. The van der Waals surface area contributed by atoms with Gasteiger partial charge in [0.1, 0.15) is 11.5 Å². The van der Waals surface area contributed by atoms with Crippen molar-refractivity contribution < 1.29 is 27.9 Å². The van der Waals surface area contributed by atoms with Crippen molar-refractivity contribution in [3.63, 3.8) is 0 Å². The van der Waals surface area contributed by atoms with Gasteiger partial charge in [0.05, 0.1) is 23.1 Å². The maximum Gasteiger partial charge on any atom is 0.208 e. The van der Waals surface area contributed by atoms with Crippen LogP contribution in [0.3, 0.4) is 0 Å². The summed E-state index contributed by atoms with van der Waals surface area (Å²) in [6.07, 6.45) is 7.02. The molecule has 1 saturated carbocycles. The molecule has 3 aliphatic carbocycles. The van der Waals surface area contributed by atoms with Crippen LogP contribution in [0.5, 0.6) is 17.2 Å². The van der Waals surface area contributed by atoms with E-state index >= 15 is 0 Å². The topological polar surface area (TPSA) is 136 Å². The molecule has 3 aliphatic rings. The van der Waals surface area contributed by atoms with Crippen LogP contribution >= 0.6 is 0 Å². The lowest BCUT2D eigenvalue weighted by Crippen LogP contribution is -2.53. The van der Waals surface area contributed by atoms with E-state index in [0.29, 0.717) is 24.1 Å². The van der Waals surface area contributed by atoms with Crippen LogP contribution in [-0.4, -0.2) is 37.9 Å². The fourth-order valence-electron chi connectivity index (χ4n) is 8.65. The van der Waals surface area contributed by atoms with E-state index in [-0.39, 0.29) is 50.3 Å². The van der Waals surface area contributed by atoms with Crippen molar-refractivity contribution >= 4 is 27.3 Å². The minimum absolute atomic E-state index is 0.0164. The molecule has 268 valence electrons. The molecule has 1 fully saturated rings. The summed E-state index contributed by atoms with van der Waals surface area (Å²) in [5, 5.41) is 10.4. The number of carbonyl (C=O) groups excluding carboxylic acids is 2. The number of carbonyl (C=O) groups is 2. The van der Waals surface area contributed by atoms with Crippen LogP contribution in [0, 0.1) is 18.3 Å². The first-order valence-corrected chi connectivity index (χ1v) is 19.6. The Kier molecular flexibility index (Phi) is 9.67. The van der Waals surface area contributed by atoms with E-state index in [1.165, 1.54) is 41.9 Å². The maximum atomic E-state index is 12.9. The van der Waals surface area contributed by atoms with E-state index in [9.17, 15) is 23.1 Å². The number of hydrogen-bond donors (Lipinski definition) is 3. The molecular weight excluding hydrogens is 661 g/mol. The van der Waals surface area contributed by atoms with Crippen LogP contribution < -0.4 is 15.2 Å². The number of ether oxygens (including phenoxy) is 1. The maximum absolute atomic E-state index is 12.9. The number of sulfonamides is 1. The van der Waals surface area contributed by atoms with E-state index in [4.69, 9.17) is 10.5 Å². The number of hydrogen-bond acceptors (Lipinski definition) is 7. The van der Waals surface area contributed by atoms with Crippen LogP contribution in [0.4, 0.5) is 5.69 Å². The number of fused-ring (bicyclic) bond motifs is 5. The highest BCUT2D eigenvalue weighted by molar-refractivity contribution is 7.88. The van der Waals surface area contributed by atoms with Crippen molar-refractivity contribution in [1.29, 1.82) is 0 Å². The smallest absolute Gasteiger partial charge is 0.208 e. The summed E-state index contributed by atoms with van der Waals surface area (Å²) in [4.78, 5) is 25.8. The summed E-state index contributed by atoms with van der Waals surface area (Å²) in [5.41, 5.74) is 12.1. The first-order chi connectivity index (χ1) is 24.0. The number of para-hydroxylation sites is 1. The molecule has 3 unspecified atom stereocenters. The van der Waals surface area contributed by atoms with Gasteiger partial charge in [-0.25, -0.2) is 13.1 Å². The number of ketones is 2. The van der Waals surface area contributed by atoms with Crippen molar-refractivity contribution in [2.45, 2.75) is 78.1 Å². The number of phenolic OH excluding ortho intramolecular Hbond substituents is 1. The number of rotatable bonds is 6. The zero-order chi connectivity index (χ0) is 36.9. The number of benzene rings is 4.